The molecule has 0 aromatic carbocycles. The molecule has 0 spiro atoms. The fourth-order valence-corrected chi connectivity index (χ4v) is 3.75. The molecule has 2 atom stereocenters. The number of nitrogens with zero attached hydrogens (tertiary/aromatic N) is 4. The van der Waals surface area contributed by atoms with E-state index in [4.69, 9.17) is 0 Å². The van der Waals surface area contributed by atoms with Crippen molar-refractivity contribution in [1.29, 1.82) is 0 Å². The van der Waals surface area contributed by atoms with Crippen LogP contribution < -0.4 is 5.32 Å². The Kier molecular flexibility index (Phi) is 3.97. The van der Waals surface area contributed by atoms with Crippen molar-refractivity contribution < 1.29 is 4.79 Å². The molecule has 1 N–H and O–H groups in total. The minimum atomic E-state index is -0.179. The van der Waals surface area contributed by atoms with Crippen molar-refractivity contribution in [3.8, 4) is 0 Å². The monoisotopic (exact) mass is 291 g/mol. The Hall–Kier alpha value is -1.43. The minimum Gasteiger partial charge on any atom is -0.341 e. The summed E-state index contributed by atoms with van der Waals surface area (Å²) in [6.07, 6.45) is 5.77. The molecule has 2 aliphatic heterocycles. The van der Waals surface area contributed by atoms with E-state index in [-0.39, 0.29) is 5.41 Å². The summed E-state index contributed by atoms with van der Waals surface area (Å²) in [6.45, 7) is 5.59. The SMILES string of the molecule is CCC1(C(=O)N2CCCC(c3nncn3C)C2)CCNC1. The van der Waals surface area contributed by atoms with Crippen LogP contribution in [0.5, 0.6) is 0 Å². The zero-order valence-corrected chi connectivity index (χ0v) is 13.0. The summed E-state index contributed by atoms with van der Waals surface area (Å²) in [6, 6.07) is 0. The second-order valence-corrected chi connectivity index (χ2v) is 6.45. The van der Waals surface area contributed by atoms with Gasteiger partial charge in [-0.25, -0.2) is 0 Å². The lowest BCUT2D eigenvalue weighted by Gasteiger charge is -2.38. The summed E-state index contributed by atoms with van der Waals surface area (Å²) in [5, 5.41) is 11.6. The van der Waals surface area contributed by atoms with Gasteiger partial charge < -0.3 is 14.8 Å². The number of carbonyl (C=O) groups is 1. The number of aromatic nitrogens is 3. The van der Waals surface area contributed by atoms with Gasteiger partial charge in [0.1, 0.15) is 12.2 Å². The van der Waals surface area contributed by atoms with Crippen LogP contribution in [-0.2, 0) is 11.8 Å². The van der Waals surface area contributed by atoms with Crippen molar-refractivity contribution in [1.82, 2.24) is 25.0 Å². The minimum absolute atomic E-state index is 0.179. The topological polar surface area (TPSA) is 63.1 Å². The first-order chi connectivity index (χ1) is 10.2. The number of nitrogens with one attached hydrogen (secondary N) is 1. The van der Waals surface area contributed by atoms with Crippen LogP contribution in [0.3, 0.4) is 0 Å². The number of hydrogen-bond acceptors (Lipinski definition) is 4. The van der Waals surface area contributed by atoms with Gasteiger partial charge in [-0.05, 0) is 32.2 Å². The second-order valence-electron chi connectivity index (χ2n) is 6.45. The molecular weight excluding hydrogens is 266 g/mol. The van der Waals surface area contributed by atoms with Crippen molar-refractivity contribution in [2.75, 3.05) is 26.2 Å². The third kappa shape index (κ3) is 2.57. The predicted molar refractivity (Wildman–Crippen MR) is 79.8 cm³/mol. The summed E-state index contributed by atoms with van der Waals surface area (Å²) < 4.78 is 1.98. The van der Waals surface area contributed by atoms with Crippen LogP contribution in [0.4, 0.5) is 0 Å². The number of aryl methyl sites for hydroxylation is 1. The number of hydrogen-bond donors (Lipinski definition) is 1. The van der Waals surface area contributed by atoms with Gasteiger partial charge in [0.15, 0.2) is 0 Å². The van der Waals surface area contributed by atoms with Gasteiger partial charge in [0.25, 0.3) is 0 Å². The van der Waals surface area contributed by atoms with Crippen molar-refractivity contribution >= 4 is 5.91 Å². The van der Waals surface area contributed by atoms with E-state index in [1.807, 2.05) is 11.6 Å². The number of amides is 1. The molecule has 116 valence electrons. The zero-order chi connectivity index (χ0) is 14.9. The van der Waals surface area contributed by atoms with E-state index in [0.717, 1.165) is 57.7 Å². The highest BCUT2D eigenvalue weighted by molar-refractivity contribution is 5.83. The first-order valence-corrected chi connectivity index (χ1v) is 8.00. The van der Waals surface area contributed by atoms with Crippen molar-refractivity contribution in [3.05, 3.63) is 12.2 Å². The van der Waals surface area contributed by atoms with Gasteiger partial charge in [-0.15, -0.1) is 10.2 Å². The third-order valence-corrected chi connectivity index (χ3v) is 5.19. The zero-order valence-electron chi connectivity index (χ0n) is 13.0. The molecule has 0 bridgehead atoms. The summed E-state index contributed by atoms with van der Waals surface area (Å²) in [7, 11) is 1.98. The van der Waals surface area contributed by atoms with Crippen LogP contribution >= 0.6 is 0 Å². The number of likely N-dealkylation sites (tertiary alicyclic amines) is 1. The van der Waals surface area contributed by atoms with Crippen molar-refractivity contribution in [3.63, 3.8) is 0 Å². The van der Waals surface area contributed by atoms with E-state index >= 15 is 0 Å². The van der Waals surface area contributed by atoms with Gasteiger partial charge in [-0.2, -0.15) is 0 Å². The summed E-state index contributed by atoms with van der Waals surface area (Å²) in [4.78, 5) is 15.1. The van der Waals surface area contributed by atoms with E-state index in [9.17, 15) is 4.79 Å². The third-order valence-electron chi connectivity index (χ3n) is 5.19. The number of piperidine rings is 1. The van der Waals surface area contributed by atoms with E-state index in [2.05, 4.69) is 27.3 Å². The molecule has 1 amide bonds. The molecule has 2 saturated heterocycles. The lowest BCUT2D eigenvalue weighted by Crippen LogP contribution is -2.48. The fraction of sp³-hybridized carbons (Fsp3) is 0.800. The molecule has 6 nitrogen and oxygen atoms in total. The van der Waals surface area contributed by atoms with Gasteiger partial charge in [0.2, 0.25) is 5.91 Å². The maximum absolute atomic E-state index is 13.0. The van der Waals surface area contributed by atoms with E-state index in [0.29, 0.717) is 11.8 Å². The molecule has 0 aliphatic carbocycles. The lowest BCUT2D eigenvalue weighted by atomic mass is 9.81. The molecular formula is C15H25N5O. The molecule has 2 aliphatic rings. The molecule has 0 saturated carbocycles. The quantitative estimate of drug-likeness (QED) is 0.899. The molecule has 1 aromatic rings. The van der Waals surface area contributed by atoms with Crippen LogP contribution in [0.1, 0.15) is 44.3 Å². The normalized spacial score (nSPS) is 29.8. The van der Waals surface area contributed by atoms with E-state index in [1.54, 1.807) is 6.33 Å². The van der Waals surface area contributed by atoms with Gasteiger partial charge in [-0.1, -0.05) is 6.92 Å². The number of carbonyl (C=O) groups excluding carboxylic acids is 1. The first-order valence-electron chi connectivity index (χ1n) is 8.00. The van der Waals surface area contributed by atoms with Crippen molar-refractivity contribution in [2.24, 2.45) is 12.5 Å². The Labute approximate surface area is 125 Å². The largest absolute Gasteiger partial charge is 0.341 e. The number of rotatable bonds is 3. The molecule has 0 radical (unpaired) electrons. The highest BCUT2D eigenvalue weighted by Gasteiger charge is 2.43. The van der Waals surface area contributed by atoms with Crippen molar-refractivity contribution in [2.45, 2.75) is 38.5 Å². The highest BCUT2D eigenvalue weighted by Crippen LogP contribution is 2.34. The average molecular weight is 291 g/mol. The molecule has 2 unspecified atom stereocenters. The fourth-order valence-electron chi connectivity index (χ4n) is 3.75. The predicted octanol–water partition coefficient (Wildman–Crippen LogP) is 0.911. The molecule has 1 aromatic heterocycles. The Morgan fingerprint density at radius 3 is 3.05 bits per heavy atom. The van der Waals surface area contributed by atoms with E-state index < -0.39 is 0 Å². The van der Waals surface area contributed by atoms with Crippen LogP contribution in [0.15, 0.2) is 6.33 Å². The highest BCUT2D eigenvalue weighted by atomic mass is 16.2. The summed E-state index contributed by atoms with van der Waals surface area (Å²) in [5.41, 5.74) is -0.179. The molecule has 3 rings (SSSR count). The summed E-state index contributed by atoms with van der Waals surface area (Å²) >= 11 is 0. The van der Waals surface area contributed by atoms with Gasteiger partial charge >= 0.3 is 0 Å². The lowest BCUT2D eigenvalue weighted by molar-refractivity contribution is -0.142. The molecule has 6 heteroatoms. The van der Waals surface area contributed by atoms with E-state index in [1.165, 1.54) is 0 Å². The molecule has 21 heavy (non-hydrogen) atoms. The van der Waals surface area contributed by atoms with Crippen LogP contribution in [0, 0.1) is 5.41 Å². The average Bonchev–Trinajstić information content (AvgIpc) is 3.16. The van der Waals surface area contributed by atoms with Gasteiger partial charge in [0.05, 0.1) is 5.41 Å². The second kappa shape index (κ2) is 5.75. The van der Waals surface area contributed by atoms with Gasteiger partial charge in [-0.3, -0.25) is 4.79 Å². The maximum atomic E-state index is 13.0. The molecule has 3 heterocycles. The van der Waals surface area contributed by atoms with Crippen LogP contribution in [0.25, 0.3) is 0 Å². The first kappa shape index (κ1) is 14.5. The Morgan fingerprint density at radius 2 is 2.43 bits per heavy atom. The Bertz CT molecular complexity index is 506. The van der Waals surface area contributed by atoms with Crippen LogP contribution in [0.2, 0.25) is 0 Å². The Morgan fingerprint density at radius 1 is 1.57 bits per heavy atom. The van der Waals surface area contributed by atoms with Gasteiger partial charge in [0, 0.05) is 32.6 Å². The smallest absolute Gasteiger partial charge is 0.230 e. The summed E-state index contributed by atoms with van der Waals surface area (Å²) in [5.74, 6) is 1.66. The standard InChI is InChI=1S/C15H25N5O/c1-3-15(6-7-16-10-15)14(21)20-8-4-5-12(9-20)13-18-17-11-19(13)2/h11-12,16H,3-10H2,1-2H3. The van der Waals surface area contributed by atoms with Crippen LogP contribution in [-0.4, -0.2) is 51.8 Å². The maximum Gasteiger partial charge on any atom is 0.230 e. The Balaban J connectivity index is 1.74. The molecule has 2 fully saturated rings.